The summed E-state index contributed by atoms with van der Waals surface area (Å²) in [5.74, 6) is 0.180. The highest BCUT2D eigenvalue weighted by molar-refractivity contribution is 5.77. The van der Waals surface area contributed by atoms with Crippen molar-refractivity contribution in [2.75, 3.05) is 6.61 Å². The summed E-state index contributed by atoms with van der Waals surface area (Å²) in [4.78, 5) is 13.7. The van der Waals surface area contributed by atoms with E-state index in [1.807, 2.05) is 49.5 Å². The van der Waals surface area contributed by atoms with Crippen LogP contribution in [0.15, 0.2) is 66.9 Å². The van der Waals surface area contributed by atoms with Crippen LogP contribution >= 0.6 is 0 Å². The molecule has 1 saturated heterocycles. The van der Waals surface area contributed by atoms with Crippen LogP contribution in [0.4, 0.5) is 4.79 Å². The van der Waals surface area contributed by atoms with Crippen molar-refractivity contribution >= 4 is 11.7 Å². The quantitative estimate of drug-likeness (QED) is 0.821. The Kier molecular flexibility index (Phi) is 4.47. The van der Waals surface area contributed by atoms with Gasteiger partial charge < -0.3 is 4.74 Å². The van der Waals surface area contributed by atoms with E-state index in [4.69, 9.17) is 4.74 Å². The summed E-state index contributed by atoms with van der Waals surface area (Å²) in [6.45, 7) is 4.61. The molecule has 0 unspecified atom stereocenters. The number of hydrogen-bond acceptors (Lipinski definition) is 2. The third-order valence-corrected chi connectivity index (χ3v) is 4.29. The Hall–Kier alpha value is -2.55. The van der Waals surface area contributed by atoms with Crippen LogP contribution in [-0.2, 0) is 4.74 Å². The highest BCUT2D eigenvalue weighted by Gasteiger charge is 2.29. The average Bonchev–Trinajstić information content (AvgIpc) is 2.92. The fraction of sp³-hybridized carbons (Fsp3) is 0.250. The van der Waals surface area contributed by atoms with Crippen molar-refractivity contribution in [1.29, 1.82) is 0 Å². The molecule has 3 heteroatoms. The van der Waals surface area contributed by atoms with Crippen molar-refractivity contribution in [3.8, 4) is 0 Å². The average molecular weight is 307 g/mol. The van der Waals surface area contributed by atoms with Gasteiger partial charge in [-0.15, -0.1) is 0 Å². The molecule has 2 atom stereocenters. The Morgan fingerprint density at radius 2 is 1.74 bits per heavy atom. The first-order valence-electron chi connectivity index (χ1n) is 7.94. The van der Waals surface area contributed by atoms with Gasteiger partial charge in [-0.2, -0.15) is 0 Å². The van der Waals surface area contributed by atoms with Crippen molar-refractivity contribution in [2.24, 2.45) is 0 Å². The van der Waals surface area contributed by atoms with Gasteiger partial charge in [0.05, 0.1) is 6.04 Å². The molecule has 118 valence electrons. The molecule has 1 heterocycles. The number of hydrogen-bond donors (Lipinski definition) is 0. The summed E-state index contributed by atoms with van der Waals surface area (Å²) in [5, 5.41) is 0. The molecular formula is C20H21NO2. The number of carbonyl (C=O) groups is 1. The summed E-state index contributed by atoms with van der Waals surface area (Å²) >= 11 is 0. The zero-order chi connectivity index (χ0) is 16.2. The second-order valence-electron chi connectivity index (χ2n) is 5.92. The van der Waals surface area contributed by atoms with E-state index >= 15 is 0 Å². The van der Waals surface area contributed by atoms with Crippen LogP contribution < -0.4 is 0 Å². The lowest BCUT2D eigenvalue weighted by molar-refractivity contribution is 0.166. The predicted octanol–water partition coefficient (Wildman–Crippen LogP) is 4.67. The molecule has 0 N–H and O–H groups in total. The molecule has 0 aromatic heterocycles. The van der Waals surface area contributed by atoms with Gasteiger partial charge in [0.1, 0.15) is 6.61 Å². The van der Waals surface area contributed by atoms with E-state index in [1.54, 1.807) is 4.90 Å². The molecule has 0 aliphatic carbocycles. The molecule has 1 aliphatic rings. The minimum absolute atomic E-state index is 0.0594. The normalized spacial score (nSPS) is 19.6. The summed E-state index contributed by atoms with van der Waals surface area (Å²) in [5.41, 5.74) is 3.46. The van der Waals surface area contributed by atoms with Crippen LogP contribution in [0.1, 0.15) is 30.9 Å². The monoisotopic (exact) mass is 307 g/mol. The van der Waals surface area contributed by atoms with Gasteiger partial charge in [-0.05, 0) is 23.6 Å². The second-order valence-corrected chi connectivity index (χ2v) is 5.92. The van der Waals surface area contributed by atoms with Crippen LogP contribution in [0.25, 0.3) is 5.57 Å². The molecule has 0 spiro atoms. The topological polar surface area (TPSA) is 29.5 Å². The molecule has 3 nitrogen and oxygen atoms in total. The van der Waals surface area contributed by atoms with Gasteiger partial charge in [0.25, 0.3) is 0 Å². The Bertz CT molecular complexity index is 694. The van der Waals surface area contributed by atoms with Crippen LogP contribution in [-0.4, -0.2) is 23.6 Å². The maximum Gasteiger partial charge on any atom is 0.414 e. The Morgan fingerprint density at radius 3 is 2.30 bits per heavy atom. The van der Waals surface area contributed by atoms with E-state index in [1.165, 1.54) is 5.56 Å². The van der Waals surface area contributed by atoms with Gasteiger partial charge in [0.2, 0.25) is 0 Å². The third kappa shape index (κ3) is 3.29. The molecule has 0 radical (unpaired) electrons. The van der Waals surface area contributed by atoms with E-state index in [-0.39, 0.29) is 18.1 Å². The molecule has 2 aromatic rings. The van der Waals surface area contributed by atoms with Crippen molar-refractivity contribution in [3.05, 3.63) is 78.0 Å². The molecule has 1 aliphatic heterocycles. The molecule has 1 fully saturated rings. The van der Waals surface area contributed by atoms with Crippen molar-refractivity contribution in [3.63, 3.8) is 0 Å². The third-order valence-electron chi connectivity index (χ3n) is 4.29. The zero-order valence-electron chi connectivity index (χ0n) is 13.5. The number of rotatable bonds is 4. The molecule has 3 rings (SSSR count). The number of cyclic esters (lactones) is 1. The highest BCUT2D eigenvalue weighted by atomic mass is 16.6. The van der Waals surface area contributed by atoms with E-state index in [2.05, 4.69) is 31.2 Å². The maximum atomic E-state index is 12.0. The van der Waals surface area contributed by atoms with Crippen LogP contribution in [0, 0.1) is 0 Å². The fourth-order valence-corrected chi connectivity index (χ4v) is 2.84. The van der Waals surface area contributed by atoms with Crippen molar-refractivity contribution in [2.45, 2.75) is 25.8 Å². The number of ether oxygens (including phenoxy) is 1. The lowest BCUT2D eigenvalue weighted by Crippen LogP contribution is -2.26. The second kappa shape index (κ2) is 6.69. The van der Waals surface area contributed by atoms with Gasteiger partial charge in [-0.25, -0.2) is 4.79 Å². The Labute approximate surface area is 137 Å². The van der Waals surface area contributed by atoms with Gasteiger partial charge in [0, 0.05) is 12.1 Å². The zero-order valence-corrected chi connectivity index (χ0v) is 13.5. The largest absolute Gasteiger partial charge is 0.447 e. The first kappa shape index (κ1) is 15.3. The number of nitrogens with zero attached hydrogens (tertiary/aromatic N) is 1. The smallest absolute Gasteiger partial charge is 0.414 e. The predicted molar refractivity (Wildman–Crippen MR) is 91.9 cm³/mol. The molecule has 0 bridgehead atoms. The number of allylic oxidation sites excluding steroid dienone is 1. The lowest BCUT2D eigenvalue weighted by Gasteiger charge is -2.21. The van der Waals surface area contributed by atoms with Gasteiger partial charge >= 0.3 is 6.09 Å². The molecular weight excluding hydrogens is 286 g/mol. The minimum atomic E-state index is -0.272. The summed E-state index contributed by atoms with van der Waals surface area (Å²) < 4.78 is 5.14. The lowest BCUT2D eigenvalue weighted by atomic mass is 9.88. The molecule has 2 aromatic carbocycles. The van der Waals surface area contributed by atoms with Gasteiger partial charge in [0.15, 0.2) is 0 Å². The first-order valence-corrected chi connectivity index (χ1v) is 7.94. The van der Waals surface area contributed by atoms with E-state index in [9.17, 15) is 4.79 Å². The molecule has 23 heavy (non-hydrogen) atoms. The standard InChI is InChI=1S/C20H21NO2/c1-15-14-23-20(22)21(15)13-19(18-11-7-4-8-12-18)16(2)17-9-5-3-6-10-17/h3-13,15-16H,14H2,1-2H3/b19-13-/t15-,16-/m1/s1. The summed E-state index contributed by atoms with van der Waals surface area (Å²) in [7, 11) is 0. The number of carbonyl (C=O) groups excluding carboxylic acids is 1. The van der Waals surface area contributed by atoms with Crippen molar-refractivity contribution in [1.82, 2.24) is 4.90 Å². The fourth-order valence-electron chi connectivity index (χ4n) is 2.84. The first-order chi connectivity index (χ1) is 11.2. The highest BCUT2D eigenvalue weighted by Crippen LogP contribution is 2.33. The number of amides is 1. The van der Waals surface area contributed by atoms with E-state index < -0.39 is 0 Å². The summed E-state index contributed by atoms with van der Waals surface area (Å²) in [6, 6.07) is 20.6. The van der Waals surface area contributed by atoms with E-state index in [0.717, 1.165) is 11.1 Å². The van der Waals surface area contributed by atoms with Crippen LogP contribution in [0.3, 0.4) is 0 Å². The Balaban J connectivity index is 2.02. The summed E-state index contributed by atoms with van der Waals surface area (Å²) in [6.07, 6.45) is 1.68. The number of benzene rings is 2. The van der Waals surface area contributed by atoms with Gasteiger partial charge in [-0.3, -0.25) is 4.90 Å². The minimum Gasteiger partial charge on any atom is -0.447 e. The van der Waals surface area contributed by atoms with Crippen LogP contribution in [0.2, 0.25) is 0 Å². The molecule has 0 saturated carbocycles. The van der Waals surface area contributed by atoms with E-state index in [0.29, 0.717) is 6.61 Å². The van der Waals surface area contributed by atoms with Crippen molar-refractivity contribution < 1.29 is 9.53 Å². The maximum absolute atomic E-state index is 12.0. The van der Waals surface area contributed by atoms with Gasteiger partial charge in [-0.1, -0.05) is 67.6 Å². The van der Waals surface area contributed by atoms with Crippen LogP contribution in [0.5, 0.6) is 0 Å². The SMILES string of the molecule is C[C@@H]1COC(=O)N1/C=C(\c1ccccc1)[C@H](C)c1ccccc1. The Morgan fingerprint density at radius 1 is 1.13 bits per heavy atom. The molecule has 1 amide bonds.